The van der Waals surface area contributed by atoms with Crippen molar-refractivity contribution in [3.8, 4) is 0 Å². The zero-order chi connectivity index (χ0) is 14.9. The maximum absolute atomic E-state index is 12.2. The van der Waals surface area contributed by atoms with Crippen molar-refractivity contribution >= 4 is 32.2 Å². The van der Waals surface area contributed by atoms with Gasteiger partial charge < -0.3 is 0 Å². The Morgan fingerprint density at radius 3 is 2.20 bits per heavy atom. The first-order valence-corrected chi connectivity index (χ1v) is 8.26. The molecular formula is C13H19N2O4P. The van der Waals surface area contributed by atoms with Gasteiger partial charge in [-0.25, -0.2) is 0 Å². The highest BCUT2D eigenvalue weighted by Gasteiger charge is 2.43. The highest BCUT2D eigenvalue weighted by atomic mass is 31.1. The van der Waals surface area contributed by atoms with Gasteiger partial charge in [0.05, 0.1) is 5.92 Å². The van der Waals surface area contributed by atoms with Crippen LogP contribution in [0.3, 0.4) is 0 Å². The van der Waals surface area contributed by atoms with Crippen LogP contribution in [0.2, 0.25) is 0 Å². The quantitative estimate of drug-likeness (QED) is 0.544. The van der Waals surface area contributed by atoms with Crippen molar-refractivity contribution in [2.24, 2.45) is 11.8 Å². The molecule has 0 aliphatic carbocycles. The Kier molecular flexibility index (Phi) is 4.53. The molecule has 0 spiro atoms. The van der Waals surface area contributed by atoms with Crippen LogP contribution in [-0.4, -0.2) is 52.4 Å². The third-order valence-corrected chi connectivity index (χ3v) is 5.01. The summed E-state index contributed by atoms with van der Waals surface area (Å²) in [6.07, 6.45) is 2.09. The van der Waals surface area contributed by atoms with Gasteiger partial charge in [-0.15, -0.1) is 8.58 Å². The molecule has 4 amide bonds. The van der Waals surface area contributed by atoms with Crippen LogP contribution < -0.4 is 0 Å². The predicted octanol–water partition coefficient (Wildman–Crippen LogP) is 0.412. The Bertz CT molecular complexity index is 465. The van der Waals surface area contributed by atoms with Gasteiger partial charge in [0, 0.05) is 18.8 Å². The zero-order valence-corrected chi connectivity index (χ0v) is 12.7. The number of imide groups is 2. The van der Waals surface area contributed by atoms with Crippen molar-refractivity contribution in [3.05, 3.63) is 0 Å². The molecule has 2 aliphatic heterocycles. The Labute approximate surface area is 119 Å². The van der Waals surface area contributed by atoms with Gasteiger partial charge in [0.1, 0.15) is 6.67 Å². The van der Waals surface area contributed by atoms with Gasteiger partial charge in [-0.2, -0.15) is 0 Å². The zero-order valence-electron chi connectivity index (χ0n) is 11.7. The summed E-state index contributed by atoms with van der Waals surface area (Å²) >= 11 is 0. The number of carbonyl (C=O) groups excluding carboxylic acids is 4. The lowest BCUT2D eigenvalue weighted by Crippen LogP contribution is -2.44. The van der Waals surface area contributed by atoms with Crippen molar-refractivity contribution in [1.82, 2.24) is 9.80 Å². The van der Waals surface area contributed by atoms with Gasteiger partial charge in [-0.05, 0) is 12.3 Å². The summed E-state index contributed by atoms with van der Waals surface area (Å²) in [5, 5.41) is 0. The molecule has 2 aliphatic rings. The molecule has 0 saturated carbocycles. The van der Waals surface area contributed by atoms with Gasteiger partial charge in [0.15, 0.2) is 0 Å². The largest absolute Gasteiger partial charge is 0.274 e. The Morgan fingerprint density at radius 1 is 1.05 bits per heavy atom. The number of hydrogen-bond donors (Lipinski definition) is 0. The summed E-state index contributed by atoms with van der Waals surface area (Å²) in [6.45, 7) is 3.52. The normalized spacial score (nSPS) is 27.7. The van der Waals surface area contributed by atoms with Crippen molar-refractivity contribution in [2.75, 3.05) is 19.0 Å². The smallest absolute Gasteiger partial charge is 0.234 e. The van der Waals surface area contributed by atoms with E-state index in [1.165, 1.54) is 0 Å². The fourth-order valence-electron chi connectivity index (χ4n) is 2.52. The number of carbonyl (C=O) groups is 4. The molecule has 2 heterocycles. The third-order valence-electron chi connectivity index (χ3n) is 3.73. The van der Waals surface area contributed by atoms with Crippen molar-refractivity contribution < 1.29 is 19.2 Å². The topological polar surface area (TPSA) is 74.8 Å². The SMILES string of the molecule is CCPCC1CC(=O)N(CN2C(=O)CC(C)C2=O)C1=O. The van der Waals surface area contributed by atoms with Crippen LogP contribution in [0.5, 0.6) is 0 Å². The van der Waals surface area contributed by atoms with E-state index in [-0.39, 0.29) is 55.0 Å². The maximum Gasteiger partial charge on any atom is 0.234 e. The molecule has 0 N–H and O–H groups in total. The molecule has 20 heavy (non-hydrogen) atoms. The second-order valence-electron chi connectivity index (χ2n) is 5.28. The molecule has 6 nitrogen and oxygen atoms in total. The van der Waals surface area contributed by atoms with Crippen molar-refractivity contribution in [3.63, 3.8) is 0 Å². The van der Waals surface area contributed by atoms with Crippen LogP contribution in [0.25, 0.3) is 0 Å². The van der Waals surface area contributed by atoms with E-state index in [1.54, 1.807) is 6.92 Å². The highest BCUT2D eigenvalue weighted by Crippen LogP contribution is 2.27. The number of rotatable bonds is 5. The molecule has 0 aromatic rings. The molecule has 0 aromatic carbocycles. The average Bonchev–Trinajstić information content (AvgIpc) is 2.80. The summed E-state index contributed by atoms with van der Waals surface area (Å²) in [5.41, 5.74) is 0. The van der Waals surface area contributed by atoms with E-state index in [4.69, 9.17) is 0 Å². The van der Waals surface area contributed by atoms with Crippen molar-refractivity contribution in [2.45, 2.75) is 26.7 Å². The number of amides is 4. The lowest BCUT2D eigenvalue weighted by molar-refractivity contribution is -0.148. The molecule has 3 unspecified atom stereocenters. The first-order valence-electron chi connectivity index (χ1n) is 6.84. The van der Waals surface area contributed by atoms with Crippen LogP contribution in [0.1, 0.15) is 26.7 Å². The van der Waals surface area contributed by atoms with E-state index in [2.05, 4.69) is 0 Å². The predicted molar refractivity (Wildman–Crippen MR) is 74.2 cm³/mol. The fraction of sp³-hybridized carbons (Fsp3) is 0.692. The highest BCUT2D eigenvalue weighted by molar-refractivity contribution is 7.38. The Balaban J connectivity index is 2.02. The molecule has 110 valence electrons. The van der Waals surface area contributed by atoms with Crippen LogP contribution in [-0.2, 0) is 19.2 Å². The standard InChI is InChI=1S/C13H19N2O4P/c1-3-20-6-9-5-11(17)15(13(9)19)7-14-10(16)4-8(2)12(14)18/h8-9,20H,3-7H2,1-2H3. The maximum atomic E-state index is 12.2. The van der Waals surface area contributed by atoms with Gasteiger partial charge in [-0.3, -0.25) is 29.0 Å². The van der Waals surface area contributed by atoms with E-state index < -0.39 is 0 Å². The van der Waals surface area contributed by atoms with Crippen LogP contribution in [0.4, 0.5) is 0 Å². The Morgan fingerprint density at radius 2 is 1.65 bits per heavy atom. The molecule has 3 atom stereocenters. The van der Waals surface area contributed by atoms with Crippen LogP contribution in [0.15, 0.2) is 0 Å². The first kappa shape index (κ1) is 15.1. The van der Waals surface area contributed by atoms with E-state index in [1.807, 2.05) is 6.92 Å². The first-order chi connectivity index (χ1) is 9.45. The summed E-state index contributed by atoms with van der Waals surface area (Å²) in [5.74, 6) is -1.74. The van der Waals surface area contributed by atoms with Gasteiger partial charge >= 0.3 is 0 Å². The lowest BCUT2D eigenvalue weighted by Gasteiger charge is -2.21. The van der Waals surface area contributed by atoms with E-state index >= 15 is 0 Å². The molecule has 0 bridgehead atoms. The molecular weight excluding hydrogens is 279 g/mol. The van der Waals surface area contributed by atoms with Gasteiger partial charge in [0.2, 0.25) is 23.6 Å². The van der Waals surface area contributed by atoms with Gasteiger partial charge in [0.25, 0.3) is 0 Å². The summed E-state index contributed by atoms with van der Waals surface area (Å²) in [4.78, 5) is 49.7. The van der Waals surface area contributed by atoms with Gasteiger partial charge in [-0.1, -0.05) is 13.8 Å². The minimum atomic E-state index is -0.354. The average molecular weight is 298 g/mol. The molecule has 7 heteroatoms. The van der Waals surface area contributed by atoms with E-state index in [0.717, 1.165) is 22.1 Å². The molecule has 0 radical (unpaired) electrons. The Hall–Kier alpha value is -1.29. The summed E-state index contributed by atoms with van der Waals surface area (Å²) in [6, 6.07) is 0. The molecule has 2 fully saturated rings. The van der Waals surface area contributed by atoms with E-state index in [9.17, 15) is 19.2 Å². The van der Waals surface area contributed by atoms with Crippen LogP contribution >= 0.6 is 8.58 Å². The van der Waals surface area contributed by atoms with Crippen molar-refractivity contribution in [1.29, 1.82) is 0 Å². The van der Waals surface area contributed by atoms with E-state index in [0.29, 0.717) is 8.58 Å². The molecule has 2 rings (SSSR count). The monoisotopic (exact) mass is 298 g/mol. The summed E-state index contributed by atoms with van der Waals surface area (Å²) in [7, 11) is 0.662. The number of hydrogen-bond acceptors (Lipinski definition) is 4. The number of nitrogens with zero attached hydrogens (tertiary/aromatic N) is 2. The lowest BCUT2D eigenvalue weighted by atomic mass is 10.1. The van der Waals surface area contributed by atoms with Crippen LogP contribution in [0, 0.1) is 11.8 Å². The molecule has 0 aromatic heterocycles. The summed E-state index contributed by atoms with van der Waals surface area (Å²) < 4.78 is 0. The fourth-order valence-corrected chi connectivity index (χ4v) is 3.47. The minimum Gasteiger partial charge on any atom is -0.274 e. The molecule has 2 saturated heterocycles. The number of likely N-dealkylation sites (tertiary alicyclic amines) is 2. The third kappa shape index (κ3) is 2.75. The second-order valence-corrected chi connectivity index (χ2v) is 6.89. The second kappa shape index (κ2) is 6.00. The minimum absolute atomic E-state index is 0.162.